The number of hydrogen-bond donors (Lipinski definition) is 0. The Balaban J connectivity index is 2.92. The Morgan fingerprint density at radius 1 is 0.882 bits per heavy atom. The molecular formula is C13H24NPSi2. The highest BCUT2D eigenvalue weighted by Gasteiger charge is 2.33. The van der Waals surface area contributed by atoms with Gasteiger partial charge in [-0.2, -0.15) is 0 Å². The van der Waals surface area contributed by atoms with Crippen molar-refractivity contribution in [2.45, 2.75) is 39.3 Å². The van der Waals surface area contributed by atoms with Crippen molar-refractivity contribution in [3.8, 4) is 0 Å². The van der Waals surface area contributed by atoms with Crippen LogP contribution in [0.5, 0.6) is 0 Å². The molecule has 17 heavy (non-hydrogen) atoms. The zero-order chi connectivity index (χ0) is 13.1. The normalized spacial score (nSPS) is 13.6. The van der Waals surface area contributed by atoms with Crippen molar-refractivity contribution < 1.29 is 0 Å². The molecule has 0 N–H and O–H groups in total. The van der Waals surface area contributed by atoms with E-state index >= 15 is 0 Å². The summed E-state index contributed by atoms with van der Waals surface area (Å²) in [5.74, 6) is 2.34. The summed E-state index contributed by atoms with van der Waals surface area (Å²) < 4.78 is 2.77. The van der Waals surface area contributed by atoms with E-state index in [9.17, 15) is 0 Å². The zero-order valence-electron chi connectivity index (χ0n) is 11.9. The highest BCUT2D eigenvalue weighted by molar-refractivity contribution is 7.43. The van der Waals surface area contributed by atoms with Crippen LogP contribution in [0.15, 0.2) is 30.3 Å². The van der Waals surface area contributed by atoms with Crippen LogP contribution in [0.3, 0.4) is 0 Å². The SMILES string of the molecule is C[Si](C)(C)N(P=Cc1ccccc1)[Si](C)(C)C. The van der Waals surface area contributed by atoms with Gasteiger partial charge in [0.05, 0.1) is 0 Å². The predicted molar refractivity (Wildman–Crippen MR) is 87.1 cm³/mol. The number of rotatable bonds is 4. The Labute approximate surface area is 110 Å². The summed E-state index contributed by atoms with van der Waals surface area (Å²) in [5, 5.41) is 0. The van der Waals surface area contributed by atoms with Crippen molar-refractivity contribution in [1.29, 1.82) is 0 Å². The van der Waals surface area contributed by atoms with Crippen LogP contribution in [0.2, 0.25) is 39.3 Å². The summed E-state index contributed by atoms with van der Waals surface area (Å²) in [5.41, 5.74) is 1.33. The van der Waals surface area contributed by atoms with E-state index in [1.165, 1.54) is 13.9 Å². The Bertz CT molecular complexity index is 363. The Hall–Kier alpha value is -0.216. The maximum atomic E-state index is 2.77. The first-order valence-corrected chi connectivity index (χ1v) is 13.9. The van der Waals surface area contributed by atoms with E-state index in [1.54, 1.807) is 0 Å². The third-order valence-corrected chi connectivity index (χ3v) is 13.9. The molecule has 0 bridgehead atoms. The van der Waals surface area contributed by atoms with Crippen LogP contribution in [0.4, 0.5) is 0 Å². The van der Waals surface area contributed by atoms with Crippen molar-refractivity contribution >= 4 is 30.6 Å². The van der Waals surface area contributed by atoms with Gasteiger partial charge in [0.1, 0.15) is 16.5 Å². The molecule has 0 aliphatic rings. The summed E-state index contributed by atoms with van der Waals surface area (Å²) in [6.45, 7) is 14.6. The highest BCUT2D eigenvalue weighted by Crippen LogP contribution is 2.27. The van der Waals surface area contributed by atoms with Gasteiger partial charge in [-0.25, -0.2) is 0 Å². The Morgan fingerprint density at radius 3 is 1.76 bits per heavy atom. The molecule has 0 aromatic heterocycles. The Morgan fingerprint density at radius 2 is 1.35 bits per heavy atom. The van der Waals surface area contributed by atoms with E-state index < -0.39 is 16.5 Å². The molecule has 0 aliphatic heterocycles. The van der Waals surface area contributed by atoms with Crippen LogP contribution in [0.1, 0.15) is 5.56 Å². The first-order valence-electron chi connectivity index (χ1n) is 6.10. The summed E-state index contributed by atoms with van der Waals surface area (Å²) in [6, 6.07) is 10.6. The summed E-state index contributed by atoms with van der Waals surface area (Å²) in [6.07, 6.45) is 0. The Kier molecular flexibility index (Phi) is 4.90. The number of hydrogen-bond acceptors (Lipinski definition) is 1. The fourth-order valence-electron chi connectivity index (χ4n) is 2.02. The second kappa shape index (κ2) is 5.62. The molecule has 0 saturated carbocycles. The molecule has 1 nitrogen and oxygen atoms in total. The maximum Gasteiger partial charge on any atom is 0.120 e. The molecule has 1 rings (SSSR count). The van der Waals surface area contributed by atoms with Gasteiger partial charge in [0.15, 0.2) is 0 Å². The van der Waals surface area contributed by atoms with Crippen LogP contribution in [-0.4, -0.2) is 26.3 Å². The average molecular weight is 281 g/mol. The second-order valence-electron chi connectivity index (χ2n) is 6.31. The standard InChI is InChI=1S/C13H24NPSi2/c1-16(2,3)14(17(4,5)6)15-12-13-10-8-7-9-11-13/h7-12H,1-6H3. The van der Waals surface area contributed by atoms with E-state index in [-0.39, 0.29) is 0 Å². The molecule has 0 aliphatic carbocycles. The van der Waals surface area contributed by atoms with E-state index in [1.807, 2.05) is 0 Å². The van der Waals surface area contributed by atoms with E-state index in [0.29, 0.717) is 0 Å². The second-order valence-corrected chi connectivity index (χ2v) is 18.0. The molecule has 0 unspecified atom stereocenters. The molecule has 1 aromatic carbocycles. The molecule has 0 fully saturated rings. The molecule has 0 radical (unpaired) electrons. The minimum absolute atomic E-state index is 1.22. The van der Waals surface area contributed by atoms with Crippen molar-refractivity contribution in [3.05, 3.63) is 35.9 Å². The molecule has 0 spiro atoms. The quantitative estimate of drug-likeness (QED) is 0.572. The van der Waals surface area contributed by atoms with E-state index in [2.05, 4.69) is 79.4 Å². The van der Waals surface area contributed by atoms with Crippen molar-refractivity contribution in [2.75, 3.05) is 0 Å². The van der Waals surface area contributed by atoms with Gasteiger partial charge in [0, 0.05) is 0 Å². The first kappa shape index (κ1) is 14.8. The van der Waals surface area contributed by atoms with Crippen LogP contribution >= 0.6 is 8.35 Å². The van der Waals surface area contributed by atoms with Gasteiger partial charge in [0.2, 0.25) is 0 Å². The zero-order valence-corrected chi connectivity index (χ0v) is 14.8. The van der Waals surface area contributed by atoms with E-state index in [4.69, 9.17) is 0 Å². The van der Waals surface area contributed by atoms with Crippen molar-refractivity contribution in [3.63, 3.8) is 0 Å². The van der Waals surface area contributed by atoms with Gasteiger partial charge in [-0.1, -0.05) is 69.6 Å². The molecule has 0 heterocycles. The molecule has 94 valence electrons. The molecule has 1 aromatic rings. The van der Waals surface area contributed by atoms with Crippen molar-refractivity contribution in [2.24, 2.45) is 0 Å². The summed E-state index contributed by atoms with van der Waals surface area (Å²) >= 11 is 0. The average Bonchev–Trinajstić information content (AvgIpc) is 2.15. The van der Waals surface area contributed by atoms with Gasteiger partial charge in [-0.15, -0.1) is 0 Å². The highest BCUT2D eigenvalue weighted by atomic mass is 31.1. The number of benzene rings is 1. The van der Waals surface area contributed by atoms with Crippen molar-refractivity contribution in [1.82, 2.24) is 4.00 Å². The van der Waals surface area contributed by atoms with Crippen LogP contribution < -0.4 is 0 Å². The van der Waals surface area contributed by atoms with Gasteiger partial charge in [-0.3, -0.25) is 4.00 Å². The van der Waals surface area contributed by atoms with Gasteiger partial charge >= 0.3 is 0 Å². The lowest BCUT2D eigenvalue weighted by Crippen LogP contribution is -2.53. The molecule has 0 atom stereocenters. The van der Waals surface area contributed by atoms with Crippen LogP contribution in [0, 0.1) is 0 Å². The smallest absolute Gasteiger partial charge is 0.120 e. The minimum Gasteiger partial charge on any atom is -0.300 e. The number of nitrogens with zero attached hydrogens (tertiary/aromatic N) is 1. The maximum absolute atomic E-state index is 2.77. The molecular weight excluding hydrogens is 257 g/mol. The molecule has 0 amide bonds. The lowest BCUT2D eigenvalue weighted by atomic mass is 10.2. The largest absolute Gasteiger partial charge is 0.300 e. The topological polar surface area (TPSA) is 3.24 Å². The fourth-order valence-corrected chi connectivity index (χ4v) is 13.6. The summed E-state index contributed by atoms with van der Waals surface area (Å²) in [7, 11) is -1.07. The monoisotopic (exact) mass is 281 g/mol. The fraction of sp³-hybridized carbons (Fsp3) is 0.462. The molecule has 0 saturated heterocycles. The predicted octanol–water partition coefficient (Wildman–Crippen LogP) is 4.67. The van der Waals surface area contributed by atoms with Gasteiger partial charge in [-0.05, 0) is 19.7 Å². The molecule has 4 heteroatoms. The lowest BCUT2D eigenvalue weighted by Gasteiger charge is -2.40. The summed E-state index contributed by atoms with van der Waals surface area (Å²) in [4.78, 5) is 0. The third kappa shape index (κ3) is 4.88. The van der Waals surface area contributed by atoms with Crippen LogP contribution in [0.25, 0.3) is 0 Å². The van der Waals surface area contributed by atoms with E-state index in [0.717, 1.165) is 0 Å². The van der Waals surface area contributed by atoms with Gasteiger partial charge < -0.3 is 0 Å². The first-order chi connectivity index (χ1) is 7.71. The van der Waals surface area contributed by atoms with Crippen LogP contribution in [-0.2, 0) is 0 Å². The third-order valence-electron chi connectivity index (χ3n) is 2.39. The minimum atomic E-state index is -1.22. The van der Waals surface area contributed by atoms with Gasteiger partial charge in [0.25, 0.3) is 0 Å². The lowest BCUT2D eigenvalue weighted by molar-refractivity contribution is 0.999.